The molecule has 2 rings (SSSR count). The standard InChI is InChI=1S/C11H8Cl3/c12-11(13,14)10-7-3-5-8-4-1-2-6-9(8)10/h1-6H,7H2. The summed E-state index contributed by atoms with van der Waals surface area (Å²) in [6, 6.07) is 7.93. The van der Waals surface area contributed by atoms with Gasteiger partial charge in [0, 0.05) is 0 Å². The molecule has 0 saturated carbocycles. The van der Waals surface area contributed by atoms with Crippen molar-refractivity contribution in [2.45, 2.75) is 10.2 Å². The average Bonchev–Trinajstić information content (AvgIpc) is 2.15. The lowest BCUT2D eigenvalue weighted by molar-refractivity contribution is 0.947. The molecule has 0 bridgehead atoms. The number of hydrogen-bond acceptors (Lipinski definition) is 0. The third-order valence-electron chi connectivity index (χ3n) is 2.25. The molecule has 14 heavy (non-hydrogen) atoms. The summed E-state index contributed by atoms with van der Waals surface area (Å²) in [4.78, 5) is 0. The molecule has 0 heterocycles. The summed E-state index contributed by atoms with van der Waals surface area (Å²) in [5, 5.41) is 0. The topological polar surface area (TPSA) is 0 Å². The molecule has 0 amide bonds. The van der Waals surface area contributed by atoms with Crippen molar-refractivity contribution in [3.05, 3.63) is 47.4 Å². The zero-order chi connectivity index (χ0) is 10.2. The molecule has 1 aromatic carbocycles. The molecular formula is C11H8Cl3. The van der Waals surface area contributed by atoms with Crippen LogP contribution in [0.15, 0.2) is 30.3 Å². The van der Waals surface area contributed by atoms with E-state index in [4.69, 9.17) is 34.8 Å². The lowest BCUT2D eigenvalue weighted by atomic mass is 9.88. The molecule has 73 valence electrons. The first-order chi connectivity index (χ1) is 6.59. The minimum Gasteiger partial charge on any atom is -0.0828 e. The Labute approximate surface area is 98.5 Å². The summed E-state index contributed by atoms with van der Waals surface area (Å²) >= 11 is 17.7. The van der Waals surface area contributed by atoms with Gasteiger partial charge in [0.2, 0.25) is 3.79 Å². The zero-order valence-corrected chi connectivity index (χ0v) is 9.57. The summed E-state index contributed by atoms with van der Waals surface area (Å²) in [7, 11) is 0. The average molecular weight is 247 g/mol. The Balaban J connectivity index is 2.46. The molecule has 0 nitrogen and oxygen atoms in total. The summed E-state index contributed by atoms with van der Waals surface area (Å²) < 4.78 is -1.30. The van der Waals surface area contributed by atoms with E-state index >= 15 is 0 Å². The second-order valence-corrected chi connectivity index (χ2v) is 5.45. The van der Waals surface area contributed by atoms with E-state index in [1.807, 2.05) is 30.3 Å². The quantitative estimate of drug-likeness (QED) is 0.595. The second-order valence-electron chi connectivity index (χ2n) is 3.17. The molecule has 0 aliphatic heterocycles. The van der Waals surface area contributed by atoms with E-state index in [2.05, 4.69) is 6.08 Å². The van der Waals surface area contributed by atoms with Crippen LogP contribution in [-0.2, 0) is 0 Å². The largest absolute Gasteiger partial charge is 0.201 e. The van der Waals surface area contributed by atoms with Gasteiger partial charge >= 0.3 is 0 Å². The van der Waals surface area contributed by atoms with Crippen LogP contribution in [0.3, 0.4) is 0 Å². The van der Waals surface area contributed by atoms with E-state index in [1.54, 1.807) is 0 Å². The van der Waals surface area contributed by atoms with Crippen LogP contribution >= 0.6 is 34.8 Å². The maximum Gasteiger partial charge on any atom is 0.201 e. The van der Waals surface area contributed by atoms with Crippen LogP contribution in [0.5, 0.6) is 0 Å². The normalized spacial score (nSPS) is 16.8. The van der Waals surface area contributed by atoms with Gasteiger partial charge in [-0.2, -0.15) is 0 Å². The Morgan fingerprint density at radius 3 is 2.50 bits per heavy atom. The van der Waals surface area contributed by atoms with E-state index in [0.717, 1.165) is 17.0 Å². The predicted molar refractivity (Wildman–Crippen MR) is 62.7 cm³/mol. The number of halogens is 3. The highest BCUT2D eigenvalue weighted by Gasteiger charge is 2.35. The molecule has 1 aliphatic carbocycles. The fourth-order valence-corrected chi connectivity index (χ4v) is 2.14. The highest BCUT2D eigenvalue weighted by Crippen LogP contribution is 2.45. The van der Waals surface area contributed by atoms with Gasteiger partial charge in [-0.05, 0) is 17.5 Å². The van der Waals surface area contributed by atoms with E-state index in [0.29, 0.717) is 6.42 Å². The maximum absolute atomic E-state index is 5.90. The minimum atomic E-state index is -1.30. The van der Waals surface area contributed by atoms with E-state index in [9.17, 15) is 0 Å². The van der Waals surface area contributed by atoms with Crippen molar-refractivity contribution in [3.63, 3.8) is 0 Å². The van der Waals surface area contributed by atoms with Crippen molar-refractivity contribution in [1.29, 1.82) is 0 Å². The van der Waals surface area contributed by atoms with E-state index in [-0.39, 0.29) is 0 Å². The molecule has 0 fully saturated rings. The number of alkyl halides is 3. The van der Waals surface area contributed by atoms with Crippen LogP contribution in [0.4, 0.5) is 0 Å². The van der Waals surface area contributed by atoms with Crippen LogP contribution in [0.1, 0.15) is 17.5 Å². The number of allylic oxidation sites excluding steroid dienone is 1. The summed E-state index contributed by atoms with van der Waals surface area (Å²) in [6.45, 7) is 0. The molecule has 3 heteroatoms. The van der Waals surface area contributed by atoms with Crippen molar-refractivity contribution < 1.29 is 0 Å². The zero-order valence-electron chi connectivity index (χ0n) is 7.31. The first-order valence-electron chi connectivity index (χ1n) is 4.28. The molecule has 0 saturated heterocycles. The molecule has 0 N–H and O–H groups in total. The van der Waals surface area contributed by atoms with E-state index in [1.165, 1.54) is 0 Å². The monoisotopic (exact) mass is 245 g/mol. The van der Waals surface area contributed by atoms with Crippen molar-refractivity contribution in [1.82, 2.24) is 0 Å². The highest BCUT2D eigenvalue weighted by molar-refractivity contribution is 6.69. The van der Waals surface area contributed by atoms with Gasteiger partial charge in [-0.15, -0.1) is 0 Å². The number of fused-ring (bicyclic) bond motifs is 1. The van der Waals surface area contributed by atoms with Crippen LogP contribution in [-0.4, -0.2) is 3.79 Å². The first kappa shape index (κ1) is 10.4. The molecule has 0 unspecified atom stereocenters. The van der Waals surface area contributed by atoms with E-state index < -0.39 is 3.79 Å². The van der Waals surface area contributed by atoms with Gasteiger partial charge in [-0.25, -0.2) is 0 Å². The third-order valence-corrected chi connectivity index (χ3v) is 2.93. The summed E-state index contributed by atoms with van der Waals surface area (Å²) in [5.74, 6) is 0.848. The maximum atomic E-state index is 5.90. The molecular weight excluding hydrogens is 238 g/mol. The van der Waals surface area contributed by atoms with Crippen molar-refractivity contribution in [2.75, 3.05) is 0 Å². The number of hydrogen-bond donors (Lipinski definition) is 0. The highest BCUT2D eigenvalue weighted by atomic mass is 35.6. The van der Waals surface area contributed by atoms with Gasteiger partial charge in [0.1, 0.15) is 0 Å². The Kier molecular flexibility index (Phi) is 2.79. The van der Waals surface area contributed by atoms with Crippen LogP contribution in [0, 0.1) is 5.92 Å². The molecule has 0 aromatic heterocycles. The SMILES string of the molecule is ClC(Cl)(Cl)[C]1CC=Cc2ccccc21. The molecule has 0 atom stereocenters. The van der Waals surface area contributed by atoms with Gasteiger partial charge < -0.3 is 0 Å². The summed E-state index contributed by atoms with van der Waals surface area (Å²) in [5.41, 5.74) is 2.15. The smallest absolute Gasteiger partial charge is 0.0828 e. The first-order valence-corrected chi connectivity index (χ1v) is 5.41. The Morgan fingerprint density at radius 1 is 1.07 bits per heavy atom. The molecule has 1 radical (unpaired) electrons. The Morgan fingerprint density at radius 2 is 1.79 bits per heavy atom. The van der Waals surface area contributed by atoms with Crippen molar-refractivity contribution >= 4 is 40.9 Å². The van der Waals surface area contributed by atoms with Crippen LogP contribution in [0.25, 0.3) is 6.08 Å². The lowest BCUT2D eigenvalue weighted by Crippen LogP contribution is -2.20. The Hall–Kier alpha value is -0.170. The number of rotatable bonds is 0. The predicted octanol–water partition coefficient (Wildman–Crippen LogP) is 4.40. The minimum absolute atomic E-state index is 0.702. The second kappa shape index (κ2) is 3.77. The number of benzene rings is 1. The van der Waals surface area contributed by atoms with Gasteiger partial charge in [0.25, 0.3) is 0 Å². The molecule has 0 spiro atoms. The fraction of sp³-hybridized carbons (Fsp3) is 0.182. The fourth-order valence-electron chi connectivity index (χ4n) is 1.60. The van der Waals surface area contributed by atoms with Gasteiger partial charge in [0.15, 0.2) is 0 Å². The Bertz CT molecular complexity index is 363. The summed E-state index contributed by atoms with van der Waals surface area (Å²) in [6.07, 6.45) is 4.77. The van der Waals surface area contributed by atoms with Gasteiger partial charge in [-0.3, -0.25) is 0 Å². The third kappa shape index (κ3) is 1.93. The lowest BCUT2D eigenvalue weighted by Gasteiger charge is -2.26. The van der Waals surface area contributed by atoms with Gasteiger partial charge in [-0.1, -0.05) is 71.2 Å². The van der Waals surface area contributed by atoms with Crippen molar-refractivity contribution in [3.8, 4) is 0 Å². The van der Waals surface area contributed by atoms with Crippen molar-refractivity contribution in [2.24, 2.45) is 0 Å². The van der Waals surface area contributed by atoms with Gasteiger partial charge in [0.05, 0.1) is 5.92 Å². The molecule has 1 aromatic rings. The molecule has 1 aliphatic rings. The van der Waals surface area contributed by atoms with Crippen LogP contribution < -0.4 is 0 Å². The van der Waals surface area contributed by atoms with Crippen LogP contribution in [0.2, 0.25) is 0 Å².